The molecule has 58 heavy (non-hydrogen) atoms. The molecular weight excluding hydrogens is 906 g/mol. The molecule has 0 bridgehead atoms. The van der Waals surface area contributed by atoms with Gasteiger partial charge in [0.25, 0.3) is 0 Å². The number of hydrogen-bond donors (Lipinski definition) is 7. The minimum atomic E-state index is -0.0431. The summed E-state index contributed by atoms with van der Waals surface area (Å²) in [5.41, 5.74) is 3.98. The van der Waals surface area contributed by atoms with Crippen molar-refractivity contribution < 1.29 is 129 Å². The van der Waals surface area contributed by atoms with Gasteiger partial charge in [-0.1, -0.05) is 73.5 Å². The van der Waals surface area contributed by atoms with Crippen molar-refractivity contribution in [1.29, 1.82) is 0 Å². The first-order valence-electron chi connectivity index (χ1n) is 16.8. The minimum absolute atomic E-state index is 0. The molecule has 0 spiro atoms. The smallest absolute Gasteiger partial charge is 0.224 e. The first-order valence-corrected chi connectivity index (χ1v) is 16.8. The van der Waals surface area contributed by atoms with Gasteiger partial charge in [-0.25, -0.2) is 0 Å². The summed E-state index contributed by atoms with van der Waals surface area (Å²) in [4.78, 5) is 59.4. The van der Waals surface area contributed by atoms with Gasteiger partial charge in [0.05, 0.1) is 12.8 Å². The van der Waals surface area contributed by atoms with Gasteiger partial charge in [0, 0.05) is 84.6 Å². The number of aromatic hydroxyl groups is 3. The number of nitrogens with one attached hydrogen (secondary N) is 2. The average molecular weight is 953 g/mol. The van der Waals surface area contributed by atoms with Crippen LogP contribution in [0.3, 0.4) is 0 Å². The number of carbonyl (C=O) groups excluding carboxylic acids is 4. The van der Waals surface area contributed by atoms with E-state index >= 15 is 0 Å². The summed E-state index contributed by atoms with van der Waals surface area (Å²) in [5.74, 6) is 1.05. The molecule has 0 aliphatic rings. The average Bonchev–Trinajstić information content (AvgIpc) is 3.17. The van der Waals surface area contributed by atoms with Crippen LogP contribution < -0.4 is 15.4 Å². The predicted molar refractivity (Wildman–Crippen MR) is 206 cm³/mol. The standard InChI is InChI=1S/C19H20NO4.C18H21NO3.C2H3O2.2CHO2.2Y/c1-14(2-3-15-6-10-18(11-7-15)24-13-21)20-19(23)12-16-4-8-17(22)9-5-16;1-13(2-3-14-4-8-16(20)9-5-14)19-18(22)12-15-6-10-17(21)11-7-15;1-4-2-3;2*2-1-3;;/h4-11,14,22H,2-3,12H2,1H3,(H,20,23);4-11,13,20-21H,2-3,12H2,1H3,(H,19,22);1H3;2*(H,2,3);;/q-1;;3*-1;;. The van der Waals surface area contributed by atoms with Crippen molar-refractivity contribution >= 4 is 37.7 Å². The molecule has 2 unspecified atom stereocenters. The van der Waals surface area contributed by atoms with Crippen LogP contribution in [0.25, 0.3) is 0 Å². The molecule has 0 aliphatic carbocycles. The molecule has 17 heteroatoms. The fourth-order valence-electron chi connectivity index (χ4n) is 4.60. The maximum absolute atomic E-state index is 12.0. The molecule has 4 rings (SSSR count). The Bertz CT molecular complexity index is 1690. The van der Waals surface area contributed by atoms with Crippen molar-refractivity contribution in [1.82, 2.24) is 10.6 Å². The zero-order valence-electron chi connectivity index (χ0n) is 32.3. The number of ether oxygens (including phenoxy) is 2. The largest absolute Gasteiger partial charge is 0.665 e. The van der Waals surface area contributed by atoms with Gasteiger partial charge in [-0.15, -0.1) is 12.1 Å². The summed E-state index contributed by atoms with van der Waals surface area (Å²) in [7, 11) is 1.26. The van der Waals surface area contributed by atoms with Crippen molar-refractivity contribution in [3.63, 3.8) is 0 Å². The number of phenols is 3. The van der Waals surface area contributed by atoms with Crippen LogP contribution in [0.4, 0.5) is 0 Å². The van der Waals surface area contributed by atoms with Crippen LogP contribution in [-0.4, -0.2) is 82.4 Å². The van der Waals surface area contributed by atoms with Crippen molar-refractivity contribution in [3.05, 3.63) is 119 Å². The normalized spacial score (nSPS) is 10.1. The van der Waals surface area contributed by atoms with Gasteiger partial charge in [-0.2, -0.15) is 0 Å². The fraction of sp³-hybridized carbons (Fsp3) is 0.268. The summed E-state index contributed by atoms with van der Waals surface area (Å²) in [6, 6.07) is 27.7. The number of amides is 2. The number of rotatable bonds is 15. The van der Waals surface area contributed by atoms with Gasteiger partial charge in [0.15, 0.2) is 6.47 Å². The maximum atomic E-state index is 12.0. The van der Waals surface area contributed by atoms with Crippen LogP contribution in [0.5, 0.6) is 23.0 Å². The monoisotopic (exact) mass is 952 g/mol. The Morgan fingerprint density at radius 1 is 0.552 bits per heavy atom. The molecule has 15 nitrogen and oxygen atoms in total. The first kappa shape index (κ1) is 57.6. The van der Waals surface area contributed by atoms with E-state index in [9.17, 15) is 29.7 Å². The van der Waals surface area contributed by atoms with Gasteiger partial charge in [0.2, 0.25) is 11.8 Å². The summed E-state index contributed by atoms with van der Waals surface area (Å²) < 4.78 is 8.36. The van der Waals surface area contributed by atoms with Crippen LogP contribution >= 0.6 is 0 Å². The molecule has 0 fully saturated rings. The molecule has 0 aliphatic heterocycles. The molecule has 0 heterocycles. The van der Waals surface area contributed by atoms with Crippen molar-refractivity contribution in [2.24, 2.45) is 0 Å². The second kappa shape index (κ2) is 36.6. The second-order valence-corrected chi connectivity index (χ2v) is 11.7. The molecule has 4 aromatic carbocycles. The number of phenolic OH excluding ortho intramolecular Hbond substituents is 3. The summed E-state index contributed by atoms with van der Waals surface area (Å²) >= 11 is 0. The number of aryl methyl sites for hydroxylation is 2. The van der Waals surface area contributed by atoms with E-state index in [-0.39, 0.29) is 107 Å². The number of carbonyl (C=O) groups is 2. The molecule has 2 atom stereocenters. The first-order chi connectivity index (χ1) is 26.8. The van der Waals surface area contributed by atoms with Gasteiger partial charge < -0.3 is 64.8 Å². The summed E-state index contributed by atoms with van der Waals surface area (Å²) in [6.07, 6.45) is 3.91. The van der Waals surface area contributed by atoms with Crippen molar-refractivity contribution in [2.45, 2.75) is 64.5 Å². The van der Waals surface area contributed by atoms with E-state index in [0.29, 0.717) is 31.5 Å². The van der Waals surface area contributed by atoms with E-state index in [0.717, 1.165) is 47.9 Å². The molecule has 7 N–H and O–H groups in total. The molecule has 2 radical (unpaired) electrons. The summed E-state index contributed by atoms with van der Waals surface area (Å²) in [5, 5.41) is 47.2. The Balaban J connectivity index is -0.000000826. The number of aliphatic hydroxyl groups excluding tert-OH is 2. The van der Waals surface area contributed by atoms with Gasteiger partial charge in [0.1, 0.15) is 17.2 Å². The van der Waals surface area contributed by atoms with Gasteiger partial charge in [-0.3, -0.25) is 9.59 Å². The van der Waals surface area contributed by atoms with Crippen molar-refractivity contribution in [3.8, 4) is 23.0 Å². The third-order valence-corrected chi connectivity index (χ3v) is 7.25. The quantitative estimate of drug-likeness (QED) is 0.0827. The Morgan fingerprint density at radius 2 is 0.828 bits per heavy atom. The van der Waals surface area contributed by atoms with Gasteiger partial charge in [-0.05, 0) is 98.4 Å². The minimum Gasteiger partial charge on any atom is -0.665 e. The van der Waals surface area contributed by atoms with Crippen molar-refractivity contribution in [2.75, 3.05) is 7.11 Å². The molecular formula is C41H46N2O13Y2-4. The van der Waals surface area contributed by atoms with Crippen LogP contribution in [0.15, 0.2) is 97.1 Å². The SMILES string of the molecule is CC(CCc1ccc(O)cc1)NC(=O)Cc1ccc(O)cc1.CC(CCc1ccc(O[C-]=O)cc1)NC(=O)Cc1ccc(O)cc1.CO[C-]=O.O=[C-]O.O=[C-]O.[Y].[Y]. The Labute approximate surface area is 388 Å². The van der Waals surface area contributed by atoms with E-state index in [1.807, 2.05) is 38.1 Å². The predicted octanol–water partition coefficient (Wildman–Crippen LogP) is 4.21. The Morgan fingerprint density at radius 3 is 1.10 bits per heavy atom. The van der Waals surface area contributed by atoms with E-state index in [1.165, 1.54) is 20.1 Å². The molecule has 2 amide bonds. The number of methoxy groups -OCH3 is 1. The zero-order valence-corrected chi connectivity index (χ0v) is 38.0. The molecule has 308 valence electrons. The third-order valence-electron chi connectivity index (χ3n) is 7.25. The van der Waals surface area contributed by atoms with E-state index in [1.54, 1.807) is 72.8 Å². The summed E-state index contributed by atoms with van der Waals surface area (Å²) in [6.45, 7) is 7.51. The van der Waals surface area contributed by atoms with E-state index in [2.05, 4.69) is 20.1 Å². The second-order valence-electron chi connectivity index (χ2n) is 11.7. The number of benzene rings is 4. The fourth-order valence-corrected chi connectivity index (χ4v) is 4.60. The molecule has 0 saturated heterocycles. The Hall–Kier alpha value is -4.69. The molecule has 0 aromatic heterocycles. The van der Waals surface area contributed by atoms with E-state index in [4.69, 9.17) is 24.6 Å². The van der Waals surface area contributed by atoms with Crippen LogP contribution in [0, 0.1) is 0 Å². The zero-order chi connectivity index (χ0) is 42.1. The topological polar surface area (TPSA) is 246 Å². The molecule has 0 saturated carbocycles. The van der Waals surface area contributed by atoms with E-state index < -0.39 is 0 Å². The number of hydrogen-bond acceptors (Lipinski definition) is 11. The molecule has 4 aromatic rings. The van der Waals surface area contributed by atoms with Crippen LogP contribution in [0.1, 0.15) is 48.9 Å². The maximum Gasteiger partial charge on any atom is 0.224 e. The third kappa shape index (κ3) is 30.4. The van der Waals surface area contributed by atoms with Crippen LogP contribution in [-0.2, 0) is 125 Å². The van der Waals surface area contributed by atoms with Crippen LogP contribution in [0.2, 0.25) is 0 Å². The van der Waals surface area contributed by atoms with Gasteiger partial charge >= 0.3 is 0 Å². The Kier molecular flexibility index (Phi) is 36.4.